The Morgan fingerprint density at radius 3 is 2.37 bits per heavy atom. The lowest BCUT2D eigenvalue weighted by Gasteiger charge is -2.18. The van der Waals surface area contributed by atoms with Gasteiger partial charge < -0.3 is 5.32 Å². The third kappa shape index (κ3) is 3.76. The van der Waals surface area contributed by atoms with E-state index in [2.05, 4.69) is 37.2 Å². The van der Waals surface area contributed by atoms with Crippen molar-refractivity contribution >= 4 is 37.5 Å². The molecule has 1 N–H and O–H groups in total. The van der Waals surface area contributed by atoms with Crippen LogP contribution in [0, 0.1) is 0 Å². The van der Waals surface area contributed by atoms with Gasteiger partial charge in [0.2, 0.25) is 0 Å². The number of anilines is 1. The van der Waals surface area contributed by atoms with Crippen LogP contribution in [0.25, 0.3) is 0 Å². The summed E-state index contributed by atoms with van der Waals surface area (Å²) in [5.41, 5.74) is 0.638. The summed E-state index contributed by atoms with van der Waals surface area (Å²) in [7, 11) is 0. The molecule has 0 aliphatic rings. The highest BCUT2D eigenvalue weighted by Crippen LogP contribution is 2.31. The van der Waals surface area contributed by atoms with Crippen LogP contribution in [0.2, 0.25) is 0 Å². The van der Waals surface area contributed by atoms with Crippen LogP contribution in [0.4, 0.5) is 14.5 Å². The van der Waals surface area contributed by atoms with Crippen molar-refractivity contribution in [1.29, 1.82) is 0 Å². The van der Waals surface area contributed by atoms with E-state index < -0.39 is 12.5 Å². The van der Waals surface area contributed by atoms with Gasteiger partial charge in [-0.3, -0.25) is 0 Å². The van der Waals surface area contributed by atoms with Gasteiger partial charge in [0.15, 0.2) is 0 Å². The predicted octanol–water partition coefficient (Wildman–Crippen LogP) is 5.42. The van der Waals surface area contributed by atoms with Gasteiger partial charge >= 0.3 is 0 Å². The molecule has 0 atom stereocenters. The molecule has 0 saturated heterocycles. The van der Waals surface area contributed by atoms with E-state index in [0.29, 0.717) is 5.69 Å². The number of benzene rings is 2. The van der Waals surface area contributed by atoms with E-state index in [1.165, 1.54) is 12.1 Å². The second-order valence-corrected chi connectivity index (χ2v) is 5.82. The summed E-state index contributed by atoms with van der Waals surface area (Å²) in [6, 6.07) is 13.2. The summed E-state index contributed by atoms with van der Waals surface area (Å²) in [6.45, 7) is -0.452. The Bertz CT molecular complexity index is 559. The highest BCUT2D eigenvalue weighted by Gasteiger charge is 2.31. The summed E-state index contributed by atoms with van der Waals surface area (Å²) in [4.78, 5) is 0. The minimum absolute atomic E-state index is 0.00798. The second kappa shape index (κ2) is 6.01. The molecule has 0 aliphatic heterocycles. The van der Waals surface area contributed by atoms with Crippen LogP contribution in [0.1, 0.15) is 5.56 Å². The molecule has 0 aromatic heterocycles. The van der Waals surface area contributed by atoms with E-state index in [1.54, 1.807) is 30.3 Å². The Morgan fingerprint density at radius 1 is 1.00 bits per heavy atom. The molecule has 0 heterocycles. The topological polar surface area (TPSA) is 12.0 Å². The van der Waals surface area contributed by atoms with Crippen molar-refractivity contribution in [3.63, 3.8) is 0 Å². The number of hydrogen-bond donors (Lipinski definition) is 1. The van der Waals surface area contributed by atoms with E-state index in [4.69, 9.17) is 0 Å². The molecule has 0 bridgehead atoms. The van der Waals surface area contributed by atoms with Crippen LogP contribution < -0.4 is 5.32 Å². The smallest absolute Gasteiger partial charge is 0.290 e. The summed E-state index contributed by atoms with van der Waals surface area (Å²) >= 11 is 6.64. The van der Waals surface area contributed by atoms with E-state index in [9.17, 15) is 8.78 Å². The third-order valence-corrected chi connectivity index (χ3v) is 3.81. The highest BCUT2D eigenvalue weighted by atomic mass is 79.9. The Hall–Kier alpha value is -0.940. The maximum atomic E-state index is 14.0. The number of rotatable bonds is 4. The fraction of sp³-hybridized carbons (Fsp3) is 0.143. The molecule has 0 amide bonds. The van der Waals surface area contributed by atoms with E-state index in [1.807, 2.05) is 6.07 Å². The summed E-state index contributed by atoms with van der Waals surface area (Å²) in [6.07, 6.45) is 0. The Balaban J connectivity index is 2.12. The van der Waals surface area contributed by atoms with E-state index >= 15 is 0 Å². The predicted molar refractivity (Wildman–Crippen MR) is 80.7 cm³/mol. The van der Waals surface area contributed by atoms with Crippen LogP contribution in [-0.2, 0) is 5.92 Å². The quantitative estimate of drug-likeness (QED) is 0.735. The van der Waals surface area contributed by atoms with Crippen LogP contribution >= 0.6 is 31.9 Å². The van der Waals surface area contributed by atoms with Gasteiger partial charge in [-0.15, -0.1) is 0 Å². The van der Waals surface area contributed by atoms with Crippen LogP contribution in [0.5, 0.6) is 0 Å². The van der Waals surface area contributed by atoms with Gasteiger partial charge in [-0.25, -0.2) is 0 Å². The lowest BCUT2D eigenvalue weighted by molar-refractivity contribution is 0.0106. The van der Waals surface area contributed by atoms with Gasteiger partial charge in [0, 0.05) is 20.2 Å². The first kappa shape index (κ1) is 14.5. The number of nitrogens with one attached hydrogen (secondary N) is 1. The summed E-state index contributed by atoms with van der Waals surface area (Å²) < 4.78 is 29.6. The van der Waals surface area contributed by atoms with Crippen LogP contribution in [-0.4, -0.2) is 6.54 Å². The van der Waals surface area contributed by atoms with Crippen LogP contribution in [0.3, 0.4) is 0 Å². The monoisotopic (exact) mass is 389 g/mol. The van der Waals surface area contributed by atoms with Crippen LogP contribution in [0.15, 0.2) is 57.5 Å². The van der Waals surface area contributed by atoms with Gasteiger partial charge in [0.25, 0.3) is 5.92 Å². The maximum Gasteiger partial charge on any atom is 0.290 e. The number of halogens is 4. The lowest BCUT2D eigenvalue weighted by atomic mass is 10.1. The molecule has 1 nitrogen and oxygen atoms in total. The van der Waals surface area contributed by atoms with Crippen molar-refractivity contribution in [1.82, 2.24) is 0 Å². The Morgan fingerprint density at radius 2 is 1.68 bits per heavy atom. The van der Waals surface area contributed by atoms with Gasteiger partial charge in [0.05, 0.1) is 6.54 Å². The van der Waals surface area contributed by atoms with E-state index in [-0.39, 0.29) is 5.56 Å². The molecular formula is C14H11Br2F2N. The zero-order valence-electron chi connectivity index (χ0n) is 9.84. The first-order valence-corrected chi connectivity index (χ1v) is 7.20. The highest BCUT2D eigenvalue weighted by molar-refractivity contribution is 9.11. The van der Waals surface area contributed by atoms with Crippen molar-refractivity contribution < 1.29 is 8.78 Å². The van der Waals surface area contributed by atoms with Gasteiger partial charge in [-0.2, -0.15) is 8.78 Å². The maximum absolute atomic E-state index is 14.0. The zero-order chi connectivity index (χ0) is 13.9. The van der Waals surface area contributed by atoms with Gasteiger partial charge in [-0.1, -0.05) is 46.3 Å². The average molecular weight is 391 g/mol. The zero-order valence-corrected chi connectivity index (χ0v) is 13.0. The second-order valence-electron chi connectivity index (χ2n) is 4.05. The first-order valence-electron chi connectivity index (χ1n) is 5.61. The SMILES string of the molecule is FC(F)(CNc1cc(Br)ccc1Br)c1ccccc1. The molecule has 0 radical (unpaired) electrons. The van der Waals surface area contributed by atoms with Crippen molar-refractivity contribution in [2.75, 3.05) is 11.9 Å². The average Bonchev–Trinajstić information content (AvgIpc) is 2.41. The fourth-order valence-electron chi connectivity index (χ4n) is 1.62. The molecule has 0 spiro atoms. The van der Waals surface area contributed by atoms with Gasteiger partial charge in [0.1, 0.15) is 0 Å². The largest absolute Gasteiger partial charge is 0.378 e. The standard InChI is InChI=1S/C14H11Br2F2N/c15-11-6-7-12(16)13(8-11)19-9-14(17,18)10-4-2-1-3-5-10/h1-8,19H,9H2. The molecule has 2 aromatic rings. The molecule has 0 aliphatic carbocycles. The Kier molecular flexibility index (Phi) is 4.58. The summed E-state index contributed by atoms with van der Waals surface area (Å²) in [5.74, 6) is -2.91. The van der Waals surface area contributed by atoms with Crippen molar-refractivity contribution in [3.05, 3.63) is 63.0 Å². The number of hydrogen-bond acceptors (Lipinski definition) is 1. The normalized spacial score (nSPS) is 11.4. The minimum Gasteiger partial charge on any atom is -0.378 e. The molecule has 0 fully saturated rings. The van der Waals surface area contributed by atoms with Crippen molar-refractivity contribution in [2.24, 2.45) is 0 Å². The molecule has 5 heteroatoms. The van der Waals surface area contributed by atoms with Gasteiger partial charge in [-0.05, 0) is 34.1 Å². The van der Waals surface area contributed by atoms with Crippen molar-refractivity contribution in [2.45, 2.75) is 5.92 Å². The van der Waals surface area contributed by atoms with Crippen molar-refractivity contribution in [3.8, 4) is 0 Å². The molecule has 0 unspecified atom stereocenters. The molecule has 2 rings (SSSR count). The Labute approximate surface area is 127 Å². The fourth-order valence-corrected chi connectivity index (χ4v) is 2.37. The van der Waals surface area contributed by atoms with E-state index in [0.717, 1.165) is 8.95 Å². The molecule has 19 heavy (non-hydrogen) atoms. The molecular weight excluding hydrogens is 380 g/mol. The lowest BCUT2D eigenvalue weighted by Crippen LogP contribution is -2.24. The summed E-state index contributed by atoms with van der Waals surface area (Å²) in [5, 5.41) is 2.77. The molecule has 100 valence electrons. The number of alkyl halides is 2. The molecule has 2 aromatic carbocycles. The third-order valence-electron chi connectivity index (χ3n) is 2.63. The first-order chi connectivity index (χ1) is 8.99. The minimum atomic E-state index is -2.91. The molecule has 0 saturated carbocycles.